The Morgan fingerprint density at radius 2 is 2.00 bits per heavy atom. The zero-order valence-corrected chi connectivity index (χ0v) is 11.0. The van der Waals surface area contributed by atoms with Gasteiger partial charge in [-0.1, -0.05) is 0 Å². The lowest BCUT2D eigenvalue weighted by Crippen LogP contribution is -2.43. The quantitative estimate of drug-likeness (QED) is 0.862. The molecule has 0 amide bonds. The molecule has 0 bridgehead atoms. The molecule has 0 aliphatic carbocycles. The van der Waals surface area contributed by atoms with Gasteiger partial charge in [-0.05, 0) is 25.6 Å². The van der Waals surface area contributed by atoms with E-state index in [-0.39, 0.29) is 0 Å². The molecular formula is C12H21N3S. The van der Waals surface area contributed by atoms with E-state index in [9.17, 15) is 0 Å². The molecule has 90 valence electrons. The highest BCUT2D eigenvalue weighted by molar-refractivity contribution is 7.12. The van der Waals surface area contributed by atoms with Crippen LogP contribution < -0.4 is 5.73 Å². The van der Waals surface area contributed by atoms with Crippen molar-refractivity contribution >= 4 is 11.3 Å². The van der Waals surface area contributed by atoms with Crippen LogP contribution in [0.4, 0.5) is 0 Å². The van der Waals surface area contributed by atoms with Crippen LogP contribution >= 0.6 is 11.3 Å². The van der Waals surface area contributed by atoms with Crippen LogP contribution in [0.5, 0.6) is 0 Å². The number of piperazine rings is 1. The molecule has 0 aromatic carbocycles. The van der Waals surface area contributed by atoms with E-state index < -0.39 is 0 Å². The third-order valence-corrected chi connectivity index (χ3v) is 4.38. The van der Waals surface area contributed by atoms with Crippen molar-refractivity contribution in [2.24, 2.45) is 5.73 Å². The van der Waals surface area contributed by atoms with Crippen molar-refractivity contribution in [3.8, 4) is 0 Å². The van der Waals surface area contributed by atoms with Gasteiger partial charge in [0.05, 0.1) is 0 Å². The predicted molar refractivity (Wildman–Crippen MR) is 69.7 cm³/mol. The van der Waals surface area contributed by atoms with E-state index in [0.717, 1.165) is 6.54 Å². The van der Waals surface area contributed by atoms with Gasteiger partial charge in [-0.2, -0.15) is 0 Å². The second-order valence-corrected chi connectivity index (χ2v) is 5.92. The summed E-state index contributed by atoms with van der Waals surface area (Å²) >= 11 is 1.84. The summed E-state index contributed by atoms with van der Waals surface area (Å²) in [7, 11) is 2.19. The lowest BCUT2D eigenvalue weighted by atomic mass is 10.2. The van der Waals surface area contributed by atoms with Crippen LogP contribution in [0.3, 0.4) is 0 Å². The van der Waals surface area contributed by atoms with Crippen molar-refractivity contribution in [2.75, 3.05) is 33.2 Å². The van der Waals surface area contributed by atoms with E-state index in [4.69, 9.17) is 5.73 Å². The fourth-order valence-electron chi connectivity index (χ4n) is 2.09. The van der Waals surface area contributed by atoms with Gasteiger partial charge in [-0.3, -0.25) is 4.90 Å². The molecule has 1 saturated heterocycles. The summed E-state index contributed by atoms with van der Waals surface area (Å²) in [6.07, 6.45) is 0. The first kappa shape index (κ1) is 12.0. The molecule has 0 radical (unpaired) electrons. The average Bonchev–Trinajstić information content (AvgIpc) is 2.63. The second-order valence-electron chi connectivity index (χ2n) is 4.58. The minimum atomic E-state index is 0.675. The van der Waals surface area contributed by atoms with E-state index in [2.05, 4.69) is 29.8 Å². The minimum absolute atomic E-state index is 0.675. The molecule has 0 saturated carbocycles. The molecule has 1 aromatic heterocycles. The van der Waals surface area contributed by atoms with Crippen molar-refractivity contribution in [3.63, 3.8) is 0 Å². The van der Waals surface area contributed by atoms with Crippen molar-refractivity contribution in [1.29, 1.82) is 0 Å². The van der Waals surface area contributed by atoms with Gasteiger partial charge in [0, 0.05) is 49.0 Å². The Kier molecular flexibility index (Phi) is 3.97. The number of likely N-dealkylation sites (N-methyl/N-ethyl adjacent to an activating group) is 1. The lowest BCUT2D eigenvalue weighted by molar-refractivity contribution is 0.148. The Labute approximate surface area is 102 Å². The topological polar surface area (TPSA) is 32.5 Å². The molecule has 2 rings (SSSR count). The number of hydrogen-bond donors (Lipinski definition) is 1. The predicted octanol–water partition coefficient (Wildman–Crippen LogP) is 1.26. The zero-order chi connectivity index (χ0) is 11.5. The first-order valence-electron chi connectivity index (χ1n) is 5.88. The van der Waals surface area contributed by atoms with E-state index in [1.165, 1.54) is 41.5 Å². The molecule has 0 unspecified atom stereocenters. The van der Waals surface area contributed by atoms with Crippen LogP contribution in [0, 0.1) is 6.92 Å². The molecule has 1 fully saturated rings. The maximum atomic E-state index is 5.67. The highest BCUT2D eigenvalue weighted by Crippen LogP contribution is 2.22. The van der Waals surface area contributed by atoms with Gasteiger partial charge >= 0.3 is 0 Å². The summed E-state index contributed by atoms with van der Waals surface area (Å²) in [6, 6.07) is 2.28. The number of hydrogen-bond acceptors (Lipinski definition) is 4. The van der Waals surface area contributed by atoms with Crippen LogP contribution in [0.2, 0.25) is 0 Å². The summed E-state index contributed by atoms with van der Waals surface area (Å²) in [6.45, 7) is 8.72. The Morgan fingerprint density at radius 3 is 2.56 bits per heavy atom. The first-order valence-corrected chi connectivity index (χ1v) is 6.70. The summed E-state index contributed by atoms with van der Waals surface area (Å²) in [5.74, 6) is 0. The van der Waals surface area contributed by atoms with E-state index in [1.54, 1.807) is 0 Å². The number of nitrogens with zero attached hydrogens (tertiary/aromatic N) is 2. The van der Waals surface area contributed by atoms with Crippen molar-refractivity contribution in [2.45, 2.75) is 20.0 Å². The van der Waals surface area contributed by atoms with Gasteiger partial charge in [-0.15, -0.1) is 11.3 Å². The molecule has 0 atom stereocenters. The molecule has 1 aliphatic rings. The molecule has 1 aliphatic heterocycles. The third kappa shape index (κ3) is 2.83. The monoisotopic (exact) mass is 239 g/mol. The van der Waals surface area contributed by atoms with Gasteiger partial charge in [0.15, 0.2) is 0 Å². The Hall–Kier alpha value is -0.420. The molecule has 4 heteroatoms. The van der Waals surface area contributed by atoms with Gasteiger partial charge < -0.3 is 10.6 Å². The zero-order valence-electron chi connectivity index (χ0n) is 10.2. The fourth-order valence-corrected chi connectivity index (χ4v) is 3.02. The average molecular weight is 239 g/mol. The first-order chi connectivity index (χ1) is 7.69. The summed E-state index contributed by atoms with van der Waals surface area (Å²) in [4.78, 5) is 7.67. The molecule has 2 heterocycles. The van der Waals surface area contributed by atoms with Gasteiger partial charge in [0.25, 0.3) is 0 Å². The van der Waals surface area contributed by atoms with Crippen LogP contribution in [0.1, 0.15) is 15.3 Å². The number of nitrogens with two attached hydrogens (primary N) is 1. The minimum Gasteiger partial charge on any atom is -0.326 e. The largest absolute Gasteiger partial charge is 0.326 e. The molecule has 16 heavy (non-hydrogen) atoms. The molecule has 0 spiro atoms. The summed E-state index contributed by atoms with van der Waals surface area (Å²) in [5.41, 5.74) is 7.14. The van der Waals surface area contributed by atoms with Crippen molar-refractivity contribution in [3.05, 3.63) is 21.4 Å². The molecule has 1 aromatic rings. The molecule has 3 nitrogen and oxygen atoms in total. The highest BCUT2D eigenvalue weighted by atomic mass is 32.1. The Bertz CT molecular complexity index is 340. The van der Waals surface area contributed by atoms with Gasteiger partial charge in [0.2, 0.25) is 0 Å². The number of rotatable bonds is 3. The number of thiophene rings is 1. The highest BCUT2D eigenvalue weighted by Gasteiger charge is 2.15. The second kappa shape index (κ2) is 5.27. The van der Waals surface area contributed by atoms with Gasteiger partial charge in [0.1, 0.15) is 0 Å². The Morgan fingerprint density at radius 1 is 1.31 bits per heavy atom. The van der Waals surface area contributed by atoms with Gasteiger partial charge in [-0.25, -0.2) is 0 Å². The van der Waals surface area contributed by atoms with E-state index in [0.29, 0.717) is 6.54 Å². The molecular weight excluding hydrogens is 218 g/mol. The summed E-state index contributed by atoms with van der Waals surface area (Å²) < 4.78 is 0. The maximum Gasteiger partial charge on any atom is 0.0274 e. The summed E-state index contributed by atoms with van der Waals surface area (Å²) in [5, 5.41) is 0. The fraction of sp³-hybridized carbons (Fsp3) is 0.667. The standard InChI is InChI=1S/C12H21N3S/c1-10-11(7-12(8-13)16-10)9-15-5-3-14(2)4-6-15/h7H,3-6,8-9,13H2,1-2H3. The number of aryl methyl sites for hydroxylation is 1. The van der Waals surface area contributed by atoms with Crippen LogP contribution in [0.25, 0.3) is 0 Å². The maximum absolute atomic E-state index is 5.67. The normalized spacial score (nSPS) is 19.2. The van der Waals surface area contributed by atoms with Crippen LogP contribution in [0.15, 0.2) is 6.07 Å². The lowest BCUT2D eigenvalue weighted by Gasteiger charge is -2.32. The van der Waals surface area contributed by atoms with Crippen molar-refractivity contribution in [1.82, 2.24) is 9.80 Å². The Balaban J connectivity index is 1.95. The SMILES string of the molecule is Cc1sc(CN)cc1CN1CCN(C)CC1. The third-order valence-electron chi connectivity index (χ3n) is 3.26. The van der Waals surface area contributed by atoms with Crippen LogP contribution in [-0.2, 0) is 13.1 Å². The molecule has 2 N–H and O–H groups in total. The van der Waals surface area contributed by atoms with Crippen molar-refractivity contribution < 1.29 is 0 Å². The smallest absolute Gasteiger partial charge is 0.0274 e. The van der Waals surface area contributed by atoms with E-state index in [1.807, 2.05) is 11.3 Å². The van der Waals surface area contributed by atoms with E-state index >= 15 is 0 Å². The van der Waals surface area contributed by atoms with Crippen LogP contribution in [-0.4, -0.2) is 43.0 Å².